The van der Waals surface area contributed by atoms with Gasteiger partial charge in [0.15, 0.2) is 0 Å². The predicted octanol–water partition coefficient (Wildman–Crippen LogP) is -0.0731. The standard InChI is InChI=1S/C5H6F3N3O2/c6-5(7,8)4(12)13-11-2-1-10(9)3-11/h1-2H,3,9H2. The molecule has 0 aromatic heterocycles. The van der Waals surface area contributed by atoms with Gasteiger partial charge in [0, 0.05) is 6.20 Å². The van der Waals surface area contributed by atoms with Crippen molar-refractivity contribution in [2.45, 2.75) is 6.18 Å². The molecule has 0 aliphatic carbocycles. The second kappa shape index (κ2) is 3.13. The van der Waals surface area contributed by atoms with Crippen LogP contribution in [0, 0.1) is 0 Å². The highest BCUT2D eigenvalue weighted by Gasteiger charge is 2.42. The molecule has 0 saturated heterocycles. The zero-order chi connectivity index (χ0) is 10.1. The summed E-state index contributed by atoms with van der Waals surface area (Å²) in [6.45, 7) is -0.123. The molecule has 0 aromatic carbocycles. The van der Waals surface area contributed by atoms with Crippen LogP contribution >= 0.6 is 0 Å². The Morgan fingerprint density at radius 2 is 2.08 bits per heavy atom. The fourth-order valence-electron chi connectivity index (χ4n) is 0.633. The highest BCUT2D eigenvalue weighted by molar-refractivity contribution is 5.75. The summed E-state index contributed by atoms with van der Waals surface area (Å²) in [6, 6.07) is 0. The van der Waals surface area contributed by atoms with Crippen molar-refractivity contribution in [2.75, 3.05) is 6.67 Å². The number of nitrogens with two attached hydrogens (primary N) is 1. The van der Waals surface area contributed by atoms with E-state index in [1.165, 1.54) is 6.20 Å². The number of rotatable bonds is 1. The first-order valence-corrected chi connectivity index (χ1v) is 3.15. The van der Waals surface area contributed by atoms with Gasteiger partial charge in [0.25, 0.3) is 0 Å². The third-order valence-corrected chi connectivity index (χ3v) is 1.16. The van der Waals surface area contributed by atoms with Crippen LogP contribution < -0.4 is 5.84 Å². The Bertz CT molecular complexity index is 240. The van der Waals surface area contributed by atoms with Gasteiger partial charge < -0.3 is 4.84 Å². The number of hydrazine groups is 1. The minimum Gasteiger partial charge on any atom is -0.331 e. The summed E-state index contributed by atoms with van der Waals surface area (Å²) in [5.74, 6) is 2.87. The van der Waals surface area contributed by atoms with Crippen LogP contribution in [0.5, 0.6) is 0 Å². The highest BCUT2D eigenvalue weighted by Crippen LogP contribution is 2.18. The number of carbonyl (C=O) groups excluding carboxylic acids is 1. The number of hydroxylamine groups is 2. The quantitative estimate of drug-likeness (QED) is 0.596. The number of alkyl halides is 3. The van der Waals surface area contributed by atoms with Crippen molar-refractivity contribution in [1.82, 2.24) is 10.1 Å². The second-order valence-corrected chi connectivity index (χ2v) is 2.25. The topological polar surface area (TPSA) is 58.8 Å². The Kier molecular flexibility index (Phi) is 2.32. The van der Waals surface area contributed by atoms with Crippen molar-refractivity contribution < 1.29 is 22.8 Å². The molecule has 0 bridgehead atoms. The van der Waals surface area contributed by atoms with E-state index in [2.05, 4.69) is 4.84 Å². The molecule has 0 unspecified atom stereocenters. The minimum atomic E-state index is -4.99. The van der Waals surface area contributed by atoms with Gasteiger partial charge in [-0.15, -0.1) is 0 Å². The number of carbonyl (C=O) groups is 1. The fraction of sp³-hybridized carbons (Fsp3) is 0.400. The Balaban J connectivity index is 2.43. The van der Waals surface area contributed by atoms with Gasteiger partial charge in [-0.2, -0.15) is 18.2 Å². The molecular formula is C5H6F3N3O2. The average Bonchev–Trinajstić information content (AvgIpc) is 2.33. The van der Waals surface area contributed by atoms with E-state index in [0.29, 0.717) is 5.06 Å². The summed E-state index contributed by atoms with van der Waals surface area (Å²) < 4.78 is 34.9. The lowest BCUT2D eigenvalue weighted by Gasteiger charge is -2.17. The summed E-state index contributed by atoms with van der Waals surface area (Å²) in [5, 5.41) is 1.74. The first-order valence-electron chi connectivity index (χ1n) is 3.15. The Labute approximate surface area is 71.1 Å². The number of nitrogens with zero attached hydrogens (tertiary/aromatic N) is 2. The van der Waals surface area contributed by atoms with Crippen LogP contribution in [0.2, 0.25) is 0 Å². The van der Waals surface area contributed by atoms with E-state index < -0.39 is 12.1 Å². The zero-order valence-electron chi connectivity index (χ0n) is 6.28. The van der Waals surface area contributed by atoms with Crippen molar-refractivity contribution in [3.05, 3.63) is 12.4 Å². The van der Waals surface area contributed by atoms with Crippen molar-refractivity contribution in [2.24, 2.45) is 5.84 Å². The van der Waals surface area contributed by atoms with Gasteiger partial charge in [-0.1, -0.05) is 0 Å². The SMILES string of the molecule is NN1C=CN(OC(=O)C(F)(F)F)C1. The smallest absolute Gasteiger partial charge is 0.331 e. The summed E-state index contributed by atoms with van der Waals surface area (Å²) in [5.41, 5.74) is 0. The average molecular weight is 197 g/mol. The van der Waals surface area contributed by atoms with E-state index in [9.17, 15) is 18.0 Å². The summed E-state index contributed by atoms with van der Waals surface area (Å²) in [7, 11) is 0. The summed E-state index contributed by atoms with van der Waals surface area (Å²) >= 11 is 0. The van der Waals surface area contributed by atoms with Gasteiger partial charge in [0.05, 0.1) is 6.20 Å². The zero-order valence-corrected chi connectivity index (χ0v) is 6.28. The van der Waals surface area contributed by atoms with Crippen LogP contribution in [0.1, 0.15) is 0 Å². The van der Waals surface area contributed by atoms with Crippen molar-refractivity contribution in [1.29, 1.82) is 0 Å². The van der Waals surface area contributed by atoms with Gasteiger partial charge in [0.2, 0.25) is 0 Å². The maximum absolute atomic E-state index is 11.6. The molecule has 5 nitrogen and oxygen atoms in total. The van der Waals surface area contributed by atoms with Gasteiger partial charge in [-0.05, 0) is 0 Å². The van der Waals surface area contributed by atoms with Crippen molar-refractivity contribution in [3.8, 4) is 0 Å². The maximum Gasteiger partial charge on any atom is 0.493 e. The molecule has 0 spiro atoms. The first kappa shape index (κ1) is 9.65. The van der Waals surface area contributed by atoms with Crippen LogP contribution in [0.25, 0.3) is 0 Å². The molecule has 0 atom stereocenters. The Hall–Kier alpha value is -1.44. The molecule has 1 aliphatic heterocycles. The first-order chi connectivity index (χ1) is 5.89. The van der Waals surface area contributed by atoms with E-state index in [-0.39, 0.29) is 6.67 Å². The number of halogens is 3. The van der Waals surface area contributed by atoms with E-state index in [1.54, 1.807) is 0 Å². The number of hydrogen-bond acceptors (Lipinski definition) is 5. The molecule has 1 aliphatic rings. The molecule has 0 amide bonds. The molecule has 8 heteroatoms. The van der Waals surface area contributed by atoms with E-state index in [0.717, 1.165) is 11.2 Å². The molecule has 1 rings (SSSR count). The summed E-state index contributed by atoms with van der Waals surface area (Å²) in [6.07, 6.45) is -2.61. The van der Waals surface area contributed by atoms with E-state index in [1.807, 2.05) is 0 Å². The van der Waals surface area contributed by atoms with Crippen LogP contribution in [0.3, 0.4) is 0 Å². The van der Waals surface area contributed by atoms with Gasteiger partial charge in [-0.25, -0.2) is 10.6 Å². The van der Waals surface area contributed by atoms with E-state index in [4.69, 9.17) is 5.84 Å². The molecule has 0 radical (unpaired) electrons. The number of hydrogen-bond donors (Lipinski definition) is 1. The second-order valence-electron chi connectivity index (χ2n) is 2.25. The van der Waals surface area contributed by atoms with Crippen molar-refractivity contribution >= 4 is 5.97 Å². The van der Waals surface area contributed by atoms with Crippen molar-refractivity contribution in [3.63, 3.8) is 0 Å². The van der Waals surface area contributed by atoms with Crippen LogP contribution in [-0.2, 0) is 9.63 Å². The highest BCUT2D eigenvalue weighted by atomic mass is 19.4. The molecule has 0 fully saturated rings. The van der Waals surface area contributed by atoms with E-state index >= 15 is 0 Å². The normalized spacial score (nSPS) is 16.6. The largest absolute Gasteiger partial charge is 0.493 e. The van der Waals surface area contributed by atoms with Crippen LogP contribution in [0.4, 0.5) is 13.2 Å². The summed E-state index contributed by atoms with van der Waals surface area (Å²) in [4.78, 5) is 14.2. The molecule has 13 heavy (non-hydrogen) atoms. The lowest BCUT2D eigenvalue weighted by Crippen LogP contribution is -2.35. The molecule has 0 saturated carbocycles. The molecule has 1 heterocycles. The predicted molar refractivity (Wildman–Crippen MR) is 34.0 cm³/mol. The third-order valence-electron chi connectivity index (χ3n) is 1.16. The molecule has 74 valence electrons. The Morgan fingerprint density at radius 3 is 2.46 bits per heavy atom. The van der Waals surface area contributed by atoms with Gasteiger partial charge >= 0.3 is 12.1 Å². The van der Waals surface area contributed by atoms with Gasteiger partial charge in [-0.3, -0.25) is 5.01 Å². The third kappa shape index (κ3) is 2.51. The Morgan fingerprint density at radius 1 is 1.46 bits per heavy atom. The lowest BCUT2D eigenvalue weighted by atomic mass is 10.7. The lowest BCUT2D eigenvalue weighted by molar-refractivity contribution is -0.231. The molecule has 2 N–H and O–H groups in total. The minimum absolute atomic E-state index is 0.123. The van der Waals surface area contributed by atoms with Gasteiger partial charge in [0.1, 0.15) is 6.67 Å². The van der Waals surface area contributed by atoms with Crippen LogP contribution in [-0.4, -0.2) is 28.9 Å². The fourth-order valence-corrected chi connectivity index (χ4v) is 0.633. The molecular weight excluding hydrogens is 191 g/mol. The monoisotopic (exact) mass is 197 g/mol. The maximum atomic E-state index is 11.6. The van der Waals surface area contributed by atoms with Crippen LogP contribution in [0.15, 0.2) is 12.4 Å². The molecule has 0 aromatic rings.